The van der Waals surface area contributed by atoms with Gasteiger partial charge >= 0.3 is 0 Å². The Kier molecular flexibility index (Phi) is 7.06. The van der Waals surface area contributed by atoms with E-state index in [9.17, 15) is 5.11 Å². The van der Waals surface area contributed by atoms with Crippen molar-refractivity contribution < 1.29 is 5.11 Å². The molecule has 2 fully saturated rings. The maximum atomic E-state index is 9.41. The number of rotatable bonds is 2. The second kappa shape index (κ2) is 8.08. The average Bonchev–Trinajstić information content (AvgIpc) is 2.36. The van der Waals surface area contributed by atoms with Gasteiger partial charge in [0.2, 0.25) is 0 Å². The van der Waals surface area contributed by atoms with Crippen molar-refractivity contribution in [3.63, 3.8) is 0 Å². The molecule has 0 aromatic heterocycles. The minimum atomic E-state index is -0.0161. The van der Waals surface area contributed by atoms with Crippen LogP contribution in [0.25, 0.3) is 0 Å². The first-order valence-electron chi connectivity index (χ1n) is 7.25. The lowest BCUT2D eigenvalue weighted by Gasteiger charge is -2.33. The van der Waals surface area contributed by atoms with E-state index >= 15 is 0 Å². The van der Waals surface area contributed by atoms with Crippen LogP contribution < -0.4 is 0 Å². The Morgan fingerprint density at radius 1 is 0.938 bits per heavy atom. The largest absolute Gasteiger partial charge is 0.393 e. The number of hydrogen-bond acceptors (Lipinski definition) is 2. The maximum absolute atomic E-state index is 9.41. The predicted octanol–water partition coefficient (Wildman–Crippen LogP) is 3.05. The van der Waals surface area contributed by atoms with E-state index in [0.29, 0.717) is 0 Å². The molecule has 1 saturated heterocycles. The highest BCUT2D eigenvalue weighted by atomic mass is 16.3. The van der Waals surface area contributed by atoms with Gasteiger partial charge in [0.25, 0.3) is 0 Å². The second-order valence-electron chi connectivity index (χ2n) is 5.04. The third-order valence-electron chi connectivity index (χ3n) is 3.80. The summed E-state index contributed by atoms with van der Waals surface area (Å²) < 4.78 is 0. The molecular formula is C14H29NO. The molecule has 1 aliphatic carbocycles. The van der Waals surface area contributed by atoms with Crippen LogP contribution in [-0.4, -0.2) is 35.7 Å². The van der Waals surface area contributed by atoms with Crippen molar-refractivity contribution >= 4 is 0 Å². The van der Waals surface area contributed by atoms with Gasteiger partial charge in [0, 0.05) is 19.6 Å². The molecule has 0 spiro atoms. The second-order valence-corrected chi connectivity index (χ2v) is 5.04. The van der Waals surface area contributed by atoms with Gasteiger partial charge in [-0.05, 0) is 31.6 Å². The van der Waals surface area contributed by atoms with Gasteiger partial charge < -0.3 is 10.0 Å². The fourth-order valence-corrected chi connectivity index (χ4v) is 2.84. The number of hydrogen-bond donors (Lipinski definition) is 1. The van der Waals surface area contributed by atoms with E-state index in [2.05, 4.69) is 4.90 Å². The van der Waals surface area contributed by atoms with Crippen LogP contribution in [0.15, 0.2) is 0 Å². The van der Waals surface area contributed by atoms with E-state index < -0.39 is 0 Å². The Bertz CT molecular complexity index is 158. The van der Waals surface area contributed by atoms with Gasteiger partial charge in [-0.25, -0.2) is 0 Å². The van der Waals surface area contributed by atoms with Gasteiger partial charge in [0.1, 0.15) is 0 Å². The lowest BCUT2D eigenvalue weighted by Crippen LogP contribution is -2.39. The molecule has 1 aliphatic heterocycles. The lowest BCUT2D eigenvalue weighted by molar-refractivity contribution is 0.0710. The van der Waals surface area contributed by atoms with E-state index in [4.69, 9.17) is 0 Å². The zero-order valence-corrected chi connectivity index (χ0v) is 11.1. The summed E-state index contributed by atoms with van der Waals surface area (Å²) in [6.45, 7) is 7.54. The highest BCUT2D eigenvalue weighted by Crippen LogP contribution is 2.25. The summed E-state index contributed by atoms with van der Waals surface area (Å²) in [5.74, 6) is 0.957. The van der Waals surface area contributed by atoms with Crippen LogP contribution >= 0.6 is 0 Å². The fraction of sp³-hybridized carbons (Fsp3) is 1.00. The smallest absolute Gasteiger partial charge is 0.0564 e. The Morgan fingerprint density at radius 2 is 1.50 bits per heavy atom. The molecule has 2 rings (SSSR count). The third-order valence-corrected chi connectivity index (χ3v) is 3.80. The first kappa shape index (κ1) is 14.0. The third kappa shape index (κ3) is 4.84. The molecule has 16 heavy (non-hydrogen) atoms. The van der Waals surface area contributed by atoms with Crippen molar-refractivity contribution in [3.05, 3.63) is 0 Å². The van der Waals surface area contributed by atoms with E-state index in [0.717, 1.165) is 31.8 Å². The minimum absolute atomic E-state index is 0.0161. The van der Waals surface area contributed by atoms with Crippen LogP contribution in [0.1, 0.15) is 58.8 Å². The number of piperidine rings is 1. The van der Waals surface area contributed by atoms with E-state index in [1.807, 2.05) is 13.8 Å². The van der Waals surface area contributed by atoms with E-state index in [1.54, 1.807) is 0 Å². The number of aliphatic hydroxyl groups is 1. The molecule has 0 bridgehead atoms. The van der Waals surface area contributed by atoms with Crippen LogP contribution in [0.4, 0.5) is 0 Å². The highest BCUT2D eigenvalue weighted by molar-refractivity contribution is 4.75. The first-order chi connectivity index (χ1) is 7.84. The van der Waals surface area contributed by atoms with Crippen LogP contribution in [0, 0.1) is 5.92 Å². The molecule has 2 nitrogen and oxygen atoms in total. The Morgan fingerprint density at radius 3 is 2.06 bits per heavy atom. The molecule has 0 aromatic carbocycles. The summed E-state index contributed by atoms with van der Waals surface area (Å²) >= 11 is 0. The summed E-state index contributed by atoms with van der Waals surface area (Å²) in [6.07, 6.45) is 9.20. The van der Waals surface area contributed by atoms with Crippen LogP contribution in [-0.2, 0) is 0 Å². The molecule has 0 atom stereocenters. The van der Waals surface area contributed by atoms with Crippen LogP contribution in [0.3, 0.4) is 0 Å². The van der Waals surface area contributed by atoms with Gasteiger partial charge in [-0.15, -0.1) is 0 Å². The van der Waals surface area contributed by atoms with Crippen molar-refractivity contribution in [1.82, 2.24) is 4.90 Å². The van der Waals surface area contributed by atoms with Crippen molar-refractivity contribution in [2.75, 3.05) is 19.6 Å². The molecule has 0 aromatic rings. The predicted molar refractivity (Wildman–Crippen MR) is 69.6 cm³/mol. The summed E-state index contributed by atoms with van der Waals surface area (Å²) in [4.78, 5) is 2.56. The Hall–Kier alpha value is -0.0800. The summed E-state index contributed by atoms with van der Waals surface area (Å²) in [7, 11) is 0. The van der Waals surface area contributed by atoms with Gasteiger partial charge in [0.15, 0.2) is 0 Å². The molecule has 2 aliphatic rings. The van der Waals surface area contributed by atoms with Crippen molar-refractivity contribution in [1.29, 1.82) is 0 Å². The van der Waals surface area contributed by atoms with Crippen molar-refractivity contribution in [3.8, 4) is 0 Å². The molecule has 96 valence electrons. The molecule has 0 radical (unpaired) electrons. The zero-order valence-electron chi connectivity index (χ0n) is 11.1. The normalized spacial score (nSPS) is 24.9. The number of nitrogens with zero attached hydrogens (tertiary/aromatic N) is 1. The first-order valence-corrected chi connectivity index (χ1v) is 7.25. The molecule has 1 N–H and O–H groups in total. The van der Waals surface area contributed by atoms with Gasteiger partial charge in [0.05, 0.1) is 6.10 Å². The van der Waals surface area contributed by atoms with E-state index in [1.165, 1.54) is 38.6 Å². The number of aliphatic hydroxyl groups excluding tert-OH is 1. The number of likely N-dealkylation sites (tertiary alicyclic amines) is 1. The van der Waals surface area contributed by atoms with Gasteiger partial charge in [-0.2, -0.15) is 0 Å². The highest BCUT2D eigenvalue weighted by Gasteiger charge is 2.21. The van der Waals surface area contributed by atoms with Crippen molar-refractivity contribution in [2.45, 2.75) is 64.9 Å². The monoisotopic (exact) mass is 227 g/mol. The summed E-state index contributed by atoms with van der Waals surface area (Å²) in [5, 5.41) is 9.41. The zero-order chi connectivity index (χ0) is 11.8. The molecule has 2 heteroatoms. The Balaban J connectivity index is 0.000000606. The standard InChI is InChI=1S/C12H23NO.C2H6/c14-12-6-8-13(9-7-12)10-11-4-2-1-3-5-11;1-2/h11-12,14H,1-10H2;1-2H3. The fourth-order valence-electron chi connectivity index (χ4n) is 2.84. The van der Waals surface area contributed by atoms with E-state index in [-0.39, 0.29) is 6.10 Å². The van der Waals surface area contributed by atoms with Crippen LogP contribution in [0.2, 0.25) is 0 Å². The summed E-state index contributed by atoms with van der Waals surface area (Å²) in [5.41, 5.74) is 0. The van der Waals surface area contributed by atoms with Crippen LogP contribution in [0.5, 0.6) is 0 Å². The quantitative estimate of drug-likeness (QED) is 0.784. The maximum Gasteiger partial charge on any atom is 0.0564 e. The molecule has 0 amide bonds. The topological polar surface area (TPSA) is 23.5 Å². The minimum Gasteiger partial charge on any atom is -0.393 e. The molecule has 1 saturated carbocycles. The molecule has 0 unspecified atom stereocenters. The van der Waals surface area contributed by atoms with Crippen molar-refractivity contribution in [2.24, 2.45) is 5.92 Å². The van der Waals surface area contributed by atoms with Gasteiger partial charge in [-0.3, -0.25) is 0 Å². The SMILES string of the molecule is CC.OC1CCN(CC2CCCCC2)CC1. The lowest BCUT2D eigenvalue weighted by atomic mass is 9.88. The average molecular weight is 227 g/mol. The van der Waals surface area contributed by atoms with Gasteiger partial charge in [-0.1, -0.05) is 33.1 Å². The molecule has 1 heterocycles. The summed E-state index contributed by atoms with van der Waals surface area (Å²) in [6, 6.07) is 0. The molecular weight excluding hydrogens is 198 g/mol. The Labute approximate surface area is 101 Å².